The molecule has 0 fully saturated rings. The highest BCUT2D eigenvalue weighted by Crippen LogP contribution is 2.57. The van der Waals surface area contributed by atoms with Crippen molar-refractivity contribution in [3.05, 3.63) is 119 Å². The number of benzene rings is 4. The van der Waals surface area contributed by atoms with Crippen LogP contribution in [-0.4, -0.2) is 19.3 Å². The lowest BCUT2D eigenvalue weighted by atomic mass is 9.82. The van der Waals surface area contributed by atoms with E-state index in [4.69, 9.17) is 14.2 Å². The zero-order chi connectivity index (χ0) is 29.3. The summed E-state index contributed by atoms with van der Waals surface area (Å²) in [6.07, 6.45) is 12.0. The third kappa shape index (κ3) is 4.50. The molecule has 0 spiro atoms. The van der Waals surface area contributed by atoms with E-state index in [1.807, 2.05) is 61.5 Å². The standard InChI is InChI=1S/C37H33NO4/c1-4-26(40-2)12-8-19-37(24-10-6-5-7-11-24)20-18-31-35-28(13-9-21-38)32-22-25(39)14-16-29(32)34(35)30-17-15-27(41-3)23-33(30)36(31)42-37/h4-8,10-12,14-18,20,22-23,28,39H,9,13,19H2,1-3H3/b12-8-,26-4+. The number of allylic oxidation sites excluding steroid dienone is 2. The van der Waals surface area contributed by atoms with Crippen LogP contribution in [0.15, 0.2) is 96.8 Å². The van der Waals surface area contributed by atoms with Crippen molar-refractivity contribution in [2.24, 2.45) is 0 Å². The molecule has 4 aromatic carbocycles. The van der Waals surface area contributed by atoms with Crippen molar-refractivity contribution in [3.63, 3.8) is 0 Å². The molecule has 2 atom stereocenters. The third-order valence-corrected chi connectivity index (χ3v) is 8.41. The Bertz CT molecular complexity index is 1790. The van der Waals surface area contributed by atoms with Gasteiger partial charge in [-0.05, 0) is 95.1 Å². The van der Waals surface area contributed by atoms with Crippen LogP contribution >= 0.6 is 0 Å². The fourth-order valence-electron chi connectivity index (χ4n) is 6.43. The fraction of sp³-hybridized carbons (Fsp3) is 0.216. The minimum absolute atomic E-state index is 0.0432. The Balaban J connectivity index is 1.61. The normalized spacial score (nSPS) is 18.7. The Kier molecular flexibility index (Phi) is 7.22. The van der Waals surface area contributed by atoms with Gasteiger partial charge in [-0.2, -0.15) is 5.26 Å². The summed E-state index contributed by atoms with van der Waals surface area (Å²) in [4.78, 5) is 0. The van der Waals surface area contributed by atoms with E-state index in [2.05, 4.69) is 42.5 Å². The molecule has 0 saturated carbocycles. The van der Waals surface area contributed by atoms with Crippen LogP contribution in [-0.2, 0) is 10.3 Å². The lowest BCUT2D eigenvalue weighted by molar-refractivity contribution is 0.122. The first-order chi connectivity index (χ1) is 20.5. The second kappa shape index (κ2) is 11.1. The third-order valence-electron chi connectivity index (χ3n) is 8.41. The van der Waals surface area contributed by atoms with Gasteiger partial charge < -0.3 is 19.3 Å². The van der Waals surface area contributed by atoms with Crippen molar-refractivity contribution in [1.29, 1.82) is 5.26 Å². The van der Waals surface area contributed by atoms with Gasteiger partial charge in [-0.3, -0.25) is 0 Å². The first-order valence-electron chi connectivity index (χ1n) is 14.2. The molecule has 4 aromatic rings. The summed E-state index contributed by atoms with van der Waals surface area (Å²) in [5.41, 5.74) is 5.68. The van der Waals surface area contributed by atoms with E-state index in [0.29, 0.717) is 19.3 Å². The summed E-state index contributed by atoms with van der Waals surface area (Å²) in [6, 6.07) is 24.3. The van der Waals surface area contributed by atoms with Crippen molar-refractivity contribution >= 4 is 16.8 Å². The van der Waals surface area contributed by atoms with Gasteiger partial charge in [0.05, 0.1) is 20.3 Å². The molecule has 1 aliphatic heterocycles. The molecule has 0 amide bonds. The molecule has 2 unspecified atom stereocenters. The molecule has 0 aromatic heterocycles. The Labute approximate surface area is 246 Å². The smallest absolute Gasteiger partial charge is 0.156 e. The van der Waals surface area contributed by atoms with Gasteiger partial charge >= 0.3 is 0 Å². The van der Waals surface area contributed by atoms with Crippen LogP contribution < -0.4 is 9.47 Å². The van der Waals surface area contributed by atoms with Gasteiger partial charge in [-0.15, -0.1) is 0 Å². The minimum atomic E-state index is -0.756. The summed E-state index contributed by atoms with van der Waals surface area (Å²) >= 11 is 0. The zero-order valence-electron chi connectivity index (χ0n) is 24.1. The van der Waals surface area contributed by atoms with Crippen molar-refractivity contribution in [2.45, 2.75) is 37.7 Å². The highest BCUT2D eigenvalue weighted by Gasteiger charge is 2.40. The summed E-state index contributed by atoms with van der Waals surface area (Å²) in [5.74, 6) is 2.50. The maximum absolute atomic E-state index is 10.5. The highest BCUT2D eigenvalue weighted by molar-refractivity contribution is 6.08. The molecule has 1 N–H and O–H groups in total. The highest BCUT2D eigenvalue weighted by atomic mass is 16.5. The predicted octanol–water partition coefficient (Wildman–Crippen LogP) is 8.77. The molecule has 210 valence electrons. The van der Waals surface area contributed by atoms with E-state index in [1.165, 1.54) is 0 Å². The van der Waals surface area contributed by atoms with Crippen LogP contribution in [0.1, 0.15) is 54.4 Å². The van der Waals surface area contributed by atoms with Gasteiger partial charge in [0.1, 0.15) is 23.0 Å². The van der Waals surface area contributed by atoms with Gasteiger partial charge in [-0.1, -0.05) is 48.6 Å². The second-order valence-electron chi connectivity index (χ2n) is 10.7. The molecular weight excluding hydrogens is 522 g/mol. The van der Waals surface area contributed by atoms with Gasteiger partial charge in [-0.25, -0.2) is 0 Å². The average molecular weight is 556 g/mol. The number of fused-ring (bicyclic) bond motifs is 8. The summed E-state index contributed by atoms with van der Waals surface area (Å²) in [7, 11) is 3.34. The molecule has 1 heterocycles. The van der Waals surface area contributed by atoms with Crippen LogP contribution in [0.25, 0.3) is 28.0 Å². The lowest BCUT2D eigenvalue weighted by Crippen LogP contribution is -2.33. The number of hydrogen-bond acceptors (Lipinski definition) is 5. The molecule has 1 aliphatic carbocycles. The number of phenolic OH excluding ortho intramolecular Hbond substituents is 1. The molecule has 42 heavy (non-hydrogen) atoms. The number of phenols is 1. The molecular formula is C37H33NO4. The summed E-state index contributed by atoms with van der Waals surface area (Å²) in [5, 5.41) is 22.0. The van der Waals surface area contributed by atoms with Gasteiger partial charge in [0.2, 0.25) is 0 Å². The number of nitrogens with zero attached hydrogens (tertiary/aromatic N) is 1. The number of hydrogen-bond donors (Lipinski definition) is 1. The Morgan fingerprint density at radius 1 is 1.07 bits per heavy atom. The van der Waals surface area contributed by atoms with E-state index in [1.54, 1.807) is 20.3 Å². The minimum Gasteiger partial charge on any atom is -0.508 e. The molecule has 5 heteroatoms. The first-order valence-corrected chi connectivity index (χ1v) is 14.2. The fourth-order valence-corrected chi connectivity index (χ4v) is 6.43. The summed E-state index contributed by atoms with van der Waals surface area (Å²) in [6.45, 7) is 1.95. The maximum atomic E-state index is 10.5. The average Bonchev–Trinajstić information content (AvgIpc) is 3.35. The molecule has 2 aliphatic rings. The van der Waals surface area contributed by atoms with Gasteiger partial charge in [0, 0.05) is 29.7 Å². The van der Waals surface area contributed by atoms with E-state index >= 15 is 0 Å². The largest absolute Gasteiger partial charge is 0.508 e. The molecule has 6 rings (SSSR count). The van der Waals surface area contributed by atoms with E-state index < -0.39 is 5.60 Å². The van der Waals surface area contributed by atoms with Gasteiger partial charge in [0.25, 0.3) is 0 Å². The Morgan fingerprint density at radius 3 is 2.64 bits per heavy atom. The van der Waals surface area contributed by atoms with Crippen molar-refractivity contribution < 1.29 is 19.3 Å². The van der Waals surface area contributed by atoms with Crippen molar-refractivity contribution in [2.75, 3.05) is 14.2 Å². The molecule has 0 bridgehead atoms. The quantitative estimate of drug-likeness (QED) is 0.174. The molecule has 0 saturated heterocycles. The number of methoxy groups -OCH3 is 2. The van der Waals surface area contributed by atoms with Crippen LogP contribution in [0.3, 0.4) is 0 Å². The van der Waals surface area contributed by atoms with Crippen molar-refractivity contribution in [3.8, 4) is 34.4 Å². The maximum Gasteiger partial charge on any atom is 0.156 e. The summed E-state index contributed by atoms with van der Waals surface area (Å²) < 4.78 is 18.3. The SMILES string of the molecule is C/C=C(\C=C/CC1(c2ccccc2)C=Cc2c3c(c4ccc(OC)cc4c2O1)-c1ccc(O)cc1C3CCC#N)OC. The molecule has 5 nitrogen and oxygen atoms in total. The zero-order valence-corrected chi connectivity index (χ0v) is 24.1. The van der Waals surface area contributed by atoms with Crippen LogP contribution in [0.4, 0.5) is 0 Å². The second-order valence-corrected chi connectivity index (χ2v) is 10.7. The van der Waals surface area contributed by atoms with Crippen LogP contribution in [0.2, 0.25) is 0 Å². The van der Waals surface area contributed by atoms with Crippen molar-refractivity contribution in [1.82, 2.24) is 0 Å². The lowest BCUT2D eigenvalue weighted by Gasteiger charge is -2.37. The van der Waals surface area contributed by atoms with E-state index in [-0.39, 0.29) is 11.7 Å². The Hall–Kier alpha value is -4.95. The topological polar surface area (TPSA) is 71.7 Å². The number of rotatable bonds is 8. The number of aromatic hydroxyl groups is 1. The predicted molar refractivity (Wildman–Crippen MR) is 167 cm³/mol. The van der Waals surface area contributed by atoms with E-state index in [9.17, 15) is 10.4 Å². The number of ether oxygens (including phenoxy) is 3. The van der Waals surface area contributed by atoms with E-state index in [0.717, 1.165) is 61.4 Å². The van der Waals surface area contributed by atoms with Crippen LogP contribution in [0.5, 0.6) is 17.2 Å². The van der Waals surface area contributed by atoms with Crippen LogP contribution in [0, 0.1) is 11.3 Å². The first kappa shape index (κ1) is 27.2. The number of nitriles is 1. The monoisotopic (exact) mass is 555 g/mol. The molecule has 0 radical (unpaired) electrons. The van der Waals surface area contributed by atoms with Gasteiger partial charge in [0.15, 0.2) is 5.60 Å². The Morgan fingerprint density at radius 2 is 1.90 bits per heavy atom.